The molecule has 4 nitrogen and oxygen atoms in total. The van der Waals surface area contributed by atoms with Gasteiger partial charge < -0.3 is 14.8 Å². The Kier molecular flexibility index (Phi) is 6.03. The predicted molar refractivity (Wildman–Crippen MR) is 91.1 cm³/mol. The molecule has 0 aliphatic heterocycles. The monoisotopic (exact) mass is 313 g/mol. The first kappa shape index (κ1) is 16.9. The van der Waals surface area contributed by atoms with Gasteiger partial charge in [-0.3, -0.25) is 4.79 Å². The van der Waals surface area contributed by atoms with Gasteiger partial charge in [0.2, 0.25) is 5.91 Å². The van der Waals surface area contributed by atoms with Crippen LogP contribution >= 0.6 is 0 Å². The minimum absolute atomic E-state index is 0.00451. The van der Waals surface area contributed by atoms with E-state index in [0.717, 1.165) is 12.0 Å². The molecule has 2 aromatic carbocycles. The summed E-state index contributed by atoms with van der Waals surface area (Å²) in [6.07, 6.45) is 1.16. The van der Waals surface area contributed by atoms with Crippen LogP contribution in [0, 0.1) is 6.92 Å². The van der Waals surface area contributed by atoms with Gasteiger partial charge in [0.15, 0.2) is 11.5 Å². The van der Waals surface area contributed by atoms with Gasteiger partial charge in [0, 0.05) is 6.54 Å². The molecule has 0 spiro atoms. The Morgan fingerprint density at radius 3 is 2.48 bits per heavy atom. The van der Waals surface area contributed by atoms with E-state index < -0.39 is 0 Å². The lowest BCUT2D eigenvalue weighted by Crippen LogP contribution is -2.27. The molecule has 2 aromatic rings. The van der Waals surface area contributed by atoms with E-state index in [4.69, 9.17) is 9.47 Å². The molecule has 1 N–H and O–H groups in total. The van der Waals surface area contributed by atoms with E-state index in [1.807, 2.05) is 24.3 Å². The van der Waals surface area contributed by atoms with Gasteiger partial charge >= 0.3 is 0 Å². The maximum absolute atomic E-state index is 12.0. The Labute approximate surface area is 137 Å². The van der Waals surface area contributed by atoms with Crippen molar-refractivity contribution >= 4 is 5.91 Å². The summed E-state index contributed by atoms with van der Waals surface area (Å²) in [7, 11) is 3.18. The van der Waals surface area contributed by atoms with Crippen molar-refractivity contribution in [3.63, 3.8) is 0 Å². The van der Waals surface area contributed by atoms with Crippen LogP contribution < -0.4 is 14.8 Å². The zero-order valence-corrected chi connectivity index (χ0v) is 13.9. The van der Waals surface area contributed by atoms with Gasteiger partial charge in [-0.05, 0) is 36.6 Å². The molecule has 0 bridgehead atoms. The molecule has 4 heteroatoms. The lowest BCUT2D eigenvalue weighted by Gasteiger charge is -2.10. The van der Waals surface area contributed by atoms with Crippen molar-refractivity contribution in [3.8, 4) is 11.5 Å². The molecule has 0 unspecified atom stereocenters. The van der Waals surface area contributed by atoms with Gasteiger partial charge in [-0.25, -0.2) is 0 Å². The predicted octanol–water partition coefficient (Wildman–Crippen LogP) is 2.91. The van der Waals surface area contributed by atoms with Crippen molar-refractivity contribution in [2.45, 2.75) is 19.8 Å². The molecule has 0 radical (unpaired) electrons. The van der Waals surface area contributed by atoms with Crippen LogP contribution in [0.5, 0.6) is 11.5 Å². The molecule has 0 aromatic heterocycles. The molecular formula is C19H23NO3. The summed E-state index contributed by atoms with van der Waals surface area (Å²) in [5, 5.41) is 2.95. The minimum Gasteiger partial charge on any atom is -0.493 e. The van der Waals surface area contributed by atoms with Crippen LogP contribution in [0.25, 0.3) is 0 Å². The van der Waals surface area contributed by atoms with Crippen molar-refractivity contribution in [2.24, 2.45) is 0 Å². The van der Waals surface area contributed by atoms with Gasteiger partial charge in [0.05, 0.1) is 20.6 Å². The van der Waals surface area contributed by atoms with Crippen molar-refractivity contribution in [1.29, 1.82) is 0 Å². The Morgan fingerprint density at radius 1 is 1.00 bits per heavy atom. The standard InChI is InChI=1S/C19H23NO3/c1-14-5-4-6-15(11-14)9-10-20-19(21)13-16-7-8-17(22-2)18(12-16)23-3/h4-8,11-12H,9-10,13H2,1-3H3,(H,20,21). The van der Waals surface area contributed by atoms with Crippen LogP contribution in [0.4, 0.5) is 0 Å². The highest BCUT2D eigenvalue weighted by atomic mass is 16.5. The van der Waals surface area contributed by atoms with Crippen molar-refractivity contribution in [3.05, 3.63) is 59.2 Å². The van der Waals surface area contributed by atoms with E-state index >= 15 is 0 Å². The van der Waals surface area contributed by atoms with Gasteiger partial charge in [0.1, 0.15) is 0 Å². The molecule has 0 heterocycles. The lowest BCUT2D eigenvalue weighted by atomic mass is 10.1. The highest BCUT2D eigenvalue weighted by Gasteiger charge is 2.08. The molecule has 122 valence electrons. The minimum atomic E-state index is 0.00451. The van der Waals surface area contributed by atoms with Gasteiger partial charge in [-0.2, -0.15) is 0 Å². The molecule has 0 atom stereocenters. The third-order valence-corrected chi connectivity index (χ3v) is 3.63. The Morgan fingerprint density at radius 2 is 1.78 bits per heavy atom. The maximum atomic E-state index is 12.0. The number of benzene rings is 2. The summed E-state index contributed by atoms with van der Waals surface area (Å²) in [5.74, 6) is 1.30. The molecular weight excluding hydrogens is 290 g/mol. The topological polar surface area (TPSA) is 47.6 Å². The third kappa shape index (κ3) is 5.02. The van der Waals surface area contributed by atoms with E-state index in [2.05, 4.69) is 30.4 Å². The number of carbonyl (C=O) groups is 1. The summed E-state index contributed by atoms with van der Waals surface area (Å²) < 4.78 is 10.4. The SMILES string of the molecule is COc1ccc(CC(=O)NCCc2cccc(C)c2)cc1OC. The Bertz CT molecular complexity index is 667. The smallest absolute Gasteiger partial charge is 0.224 e. The van der Waals surface area contributed by atoms with E-state index in [1.165, 1.54) is 11.1 Å². The van der Waals surface area contributed by atoms with Gasteiger partial charge in [0.25, 0.3) is 0 Å². The van der Waals surface area contributed by atoms with Crippen molar-refractivity contribution < 1.29 is 14.3 Å². The molecule has 2 rings (SSSR count). The number of ether oxygens (including phenoxy) is 2. The van der Waals surface area contributed by atoms with Crippen LogP contribution in [0.15, 0.2) is 42.5 Å². The normalized spacial score (nSPS) is 10.2. The van der Waals surface area contributed by atoms with Gasteiger partial charge in [-0.15, -0.1) is 0 Å². The Hall–Kier alpha value is -2.49. The largest absolute Gasteiger partial charge is 0.493 e. The highest BCUT2D eigenvalue weighted by Crippen LogP contribution is 2.27. The van der Waals surface area contributed by atoms with Gasteiger partial charge in [-0.1, -0.05) is 35.9 Å². The molecule has 0 aliphatic carbocycles. The second-order valence-corrected chi connectivity index (χ2v) is 5.46. The lowest BCUT2D eigenvalue weighted by molar-refractivity contribution is -0.120. The summed E-state index contributed by atoms with van der Waals surface area (Å²) in [6, 6.07) is 13.8. The average Bonchev–Trinajstić information content (AvgIpc) is 2.54. The summed E-state index contributed by atoms with van der Waals surface area (Å²) >= 11 is 0. The fourth-order valence-electron chi connectivity index (χ4n) is 2.45. The molecule has 1 amide bonds. The molecule has 0 fully saturated rings. The summed E-state index contributed by atoms with van der Waals surface area (Å²) in [6.45, 7) is 2.70. The first-order valence-corrected chi connectivity index (χ1v) is 7.65. The number of hydrogen-bond donors (Lipinski definition) is 1. The number of hydrogen-bond acceptors (Lipinski definition) is 3. The number of amides is 1. The summed E-state index contributed by atoms with van der Waals surface area (Å²) in [4.78, 5) is 12.0. The molecule has 0 saturated heterocycles. The maximum Gasteiger partial charge on any atom is 0.224 e. The van der Waals surface area contributed by atoms with Crippen molar-refractivity contribution in [2.75, 3.05) is 20.8 Å². The summed E-state index contributed by atoms with van der Waals surface area (Å²) in [5.41, 5.74) is 3.37. The van der Waals surface area contributed by atoms with Crippen molar-refractivity contribution in [1.82, 2.24) is 5.32 Å². The second kappa shape index (κ2) is 8.22. The molecule has 0 aliphatic rings. The Balaban J connectivity index is 1.85. The second-order valence-electron chi connectivity index (χ2n) is 5.46. The number of rotatable bonds is 7. The number of carbonyl (C=O) groups excluding carboxylic acids is 1. The first-order valence-electron chi connectivity index (χ1n) is 7.65. The van der Waals surface area contributed by atoms with E-state index in [-0.39, 0.29) is 5.91 Å². The highest BCUT2D eigenvalue weighted by molar-refractivity contribution is 5.78. The van der Waals surface area contributed by atoms with Crippen LogP contribution in [0.3, 0.4) is 0 Å². The average molecular weight is 313 g/mol. The van der Waals surface area contributed by atoms with Crippen LogP contribution in [0.2, 0.25) is 0 Å². The fraction of sp³-hybridized carbons (Fsp3) is 0.316. The number of aryl methyl sites for hydroxylation is 1. The van der Waals surface area contributed by atoms with E-state index in [1.54, 1.807) is 14.2 Å². The quantitative estimate of drug-likeness (QED) is 0.855. The molecule has 23 heavy (non-hydrogen) atoms. The zero-order chi connectivity index (χ0) is 16.7. The van der Waals surface area contributed by atoms with Crippen LogP contribution in [0.1, 0.15) is 16.7 Å². The first-order chi connectivity index (χ1) is 11.1. The van der Waals surface area contributed by atoms with E-state index in [9.17, 15) is 4.79 Å². The van der Waals surface area contributed by atoms with Crippen LogP contribution in [-0.2, 0) is 17.6 Å². The van der Waals surface area contributed by atoms with Crippen LogP contribution in [-0.4, -0.2) is 26.7 Å². The zero-order valence-electron chi connectivity index (χ0n) is 13.9. The molecule has 0 saturated carbocycles. The van der Waals surface area contributed by atoms with E-state index in [0.29, 0.717) is 24.5 Å². The third-order valence-electron chi connectivity index (χ3n) is 3.63. The number of methoxy groups -OCH3 is 2. The number of nitrogens with one attached hydrogen (secondary N) is 1. The fourth-order valence-corrected chi connectivity index (χ4v) is 2.45.